The third-order valence-corrected chi connectivity index (χ3v) is 3.82. The predicted molar refractivity (Wildman–Crippen MR) is 104 cm³/mol. The van der Waals surface area contributed by atoms with Crippen LogP contribution in [0.3, 0.4) is 0 Å². The van der Waals surface area contributed by atoms with Gasteiger partial charge in [-0.3, -0.25) is 9.67 Å². The molecule has 1 aliphatic rings. The highest BCUT2D eigenvalue weighted by atomic mass is 127. The second-order valence-electron chi connectivity index (χ2n) is 5.70. The highest BCUT2D eigenvalue weighted by Gasteiger charge is 2.24. The molecule has 1 aliphatic heterocycles. The van der Waals surface area contributed by atoms with Crippen LogP contribution in [0.1, 0.15) is 44.8 Å². The molecule has 7 heteroatoms. The van der Waals surface area contributed by atoms with Crippen LogP contribution in [0.4, 0.5) is 0 Å². The molecule has 132 valence electrons. The van der Waals surface area contributed by atoms with Gasteiger partial charge in [-0.05, 0) is 13.3 Å². The number of rotatable bonds is 6. The molecule has 1 aromatic rings. The minimum Gasteiger partial charge on any atom is -0.370 e. The van der Waals surface area contributed by atoms with Gasteiger partial charge in [0, 0.05) is 38.4 Å². The molecule has 0 spiro atoms. The van der Waals surface area contributed by atoms with E-state index in [0.29, 0.717) is 0 Å². The molecule has 1 aromatic heterocycles. The number of aryl methyl sites for hydroxylation is 1. The lowest BCUT2D eigenvalue weighted by Gasteiger charge is -2.34. The molecule has 0 amide bonds. The van der Waals surface area contributed by atoms with Gasteiger partial charge >= 0.3 is 0 Å². The predicted octanol–water partition coefficient (Wildman–Crippen LogP) is 2.57. The Morgan fingerprint density at radius 1 is 1.43 bits per heavy atom. The van der Waals surface area contributed by atoms with E-state index in [-0.39, 0.29) is 30.1 Å². The molecule has 1 fully saturated rings. The first-order chi connectivity index (χ1) is 10.7. The standard InChI is InChI=1S/C16H29N5O.HI/c1-4-6-7-8-18-16(17-5-2)21-9-10-22-15(13-21)14-11-19-20(3)12-14;/h11-12,15H,4-10,13H2,1-3H3,(H,17,18);1H. The van der Waals surface area contributed by atoms with Crippen LogP contribution in [0, 0.1) is 0 Å². The average Bonchev–Trinajstić information content (AvgIpc) is 2.97. The summed E-state index contributed by atoms with van der Waals surface area (Å²) in [5.41, 5.74) is 1.13. The molecule has 1 saturated heterocycles. The van der Waals surface area contributed by atoms with E-state index < -0.39 is 0 Å². The van der Waals surface area contributed by atoms with Crippen LogP contribution in [0.25, 0.3) is 0 Å². The first kappa shape index (κ1) is 20.2. The maximum absolute atomic E-state index is 5.90. The van der Waals surface area contributed by atoms with Crippen molar-refractivity contribution >= 4 is 29.9 Å². The fourth-order valence-electron chi connectivity index (χ4n) is 2.62. The zero-order valence-corrected chi connectivity index (χ0v) is 16.8. The Labute approximate surface area is 156 Å². The van der Waals surface area contributed by atoms with E-state index in [4.69, 9.17) is 9.73 Å². The Balaban J connectivity index is 0.00000264. The Hall–Kier alpha value is -0.830. The van der Waals surface area contributed by atoms with E-state index in [2.05, 4.69) is 29.2 Å². The van der Waals surface area contributed by atoms with Gasteiger partial charge in [0.2, 0.25) is 0 Å². The lowest BCUT2D eigenvalue weighted by Crippen LogP contribution is -2.48. The van der Waals surface area contributed by atoms with Gasteiger partial charge < -0.3 is 15.0 Å². The van der Waals surface area contributed by atoms with Crippen LogP contribution < -0.4 is 5.32 Å². The van der Waals surface area contributed by atoms with Crippen LogP contribution in [0.5, 0.6) is 0 Å². The Morgan fingerprint density at radius 2 is 2.26 bits per heavy atom. The molecule has 0 aromatic carbocycles. The van der Waals surface area contributed by atoms with Gasteiger partial charge in [-0.15, -0.1) is 24.0 Å². The normalized spacial score (nSPS) is 18.7. The van der Waals surface area contributed by atoms with Crippen LogP contribution >= 0.6 is 24.0 Å². The molecule has 0 radical (unpaired) electrons. The first-order valence-electron chi connectivity index (χ1n) is 8.38. The average molecular weight is 435 g/mol. The quantitative estimate of drug-likeness (QED) is 0.323. The number of unbranched alkanes of at least 4 members (excludes halogenated alkanes) is 2. The summed E-state index contributed by atoms with van der Waals surface area (Å²) in [6.07, 6.45) is 7.61. The lowest BCUT2D eigenvalue weighted by molar-refractivity contribution is -0.00804. The van der Waals surface area contributed by atoms with Gasteiger partial charge in [0.05, 0.1) is 19.3 Å². The minimum atomic E-state index is 0. The number of morpholine rings is 1. The van der Waals surface area contributed by atoms with Crippen molar-refractivity contribution in [3.63, 3.8) is 0 Å². The van der Waals surface area contributed by atoms with E-state index in [9.17, 15) is 0 Å². The van der Waals surface area contributed by atoms with Gasteiger partial charge in [0.25, 0.3) is 0 Å². The van der Waals surface area contributed by atoms with Crippen molar-refractivity contribution in [3.05, 3.63) is 18.0 Å². The molecule has 2 rings (SSSR count). The molecule has 23 heavy (non-hydrogen) atoms. The van der Waals surface area contributed by atoms with Crippen molar-refractivity contribution in [2.45, 2.75) is 39.2 Å². The summed E-state index contributed by atoms with van der Waals surface area (Å²) in [5.74, 6) is 1.01. The van der Waals surface area contributed by atoms with E-state index in [1.165, 1.54) is 12.8 Å². The fraction of sp³-hybridized carbons (Fsp3) is 0.750. The summed E-state index contributed by atoms with van der Waals surface area (Å²) in [6.45, 7) is 8.54. The summed E-state index contributed by atoms with van der Waals surface area (Å²) >= 11 is 0. The van der Waals surface area contributed by atoms with Crippen LogP contribution in [0.15, 0.2) is 17.4 Å². The molecule has 1 N–H and O–H groups in total. The molecular weight excluding hydrogens is 405 g/mol. The number of hydrogen-bond donors (Lipinski definition) is 1. The summed E-state index contributed by atoms with van der Waals surface area (Å²) in [4.78, 5) is 7.07. The monoisotopic (exact) mass is 435 g/mol. The van der Waals surface area contributed by atoms with Gasteiger partial charge in [0.15, 0.2) is 5.96 Å². The van der Waals surface area contributed by atoms with Crippen molar-refractivity contribution in [1.82, 2.24) is 20.0 Å². The molecule has 2 heterocycles. The van der Waals surface area contributed by atoms with Crippen molar-refractivity contribution in [3.8, 4) is 0 Å². The zero-order valence-electron chi connectivity index (χ0n) is 14.5. The number of hydrogen-bond acceptors (Lipinski definition) is 3. The summed E-state index contributed by atoms with van der Waals surface area (Å²) < 4.78 is 7.72. The lowest BCUT2D eigenvalue weighted by atomic mass is 10.1. The van der Waals surface area contributed by atoms with Crippen LogP contribution in [0.2, 0.25) is 0 Å². The first-order valence-corrected chi connectivity index (χ1v) is 8.38. The third-order valence-electron chi connectivity index (χ3n) is 3.82. The molecule has 0 bridgehead atoms. The van der Waals surface area contributed by atoms with E-state index in [0.717, 1.165) is 50.7 Å². The Bertz CT molecular complexity index is 477. The SMILES string of the molecule is CCCCCN=C(NCC)N1CCOC(c2cnn(C)c2)C1.I. The highest BCUT2D eigenvalue weighted by Crippen LogP contribution is 2.21. The molecule has 0 aliphatic carbocycles. The summed E-state index contributed by atoms with van der Waals surface area (Å²) in [6, 6.07) is 0. The van der Waals surface area contributed by atoms with Gasteiger partial charge in [-0.1, -0.05) is 19.8 Å². The molecule has 1 unspecified atom stereocenters. The fourth-order valence-corrected chi connectivity index (χ4v) is 2.62. The molecule has 1 atom stereocenters. The van der Waals surface area contributed by atoms with E-state index >= 15 is 0 Å². The zero-order chi connectivity index (χ0) is 15.8. The minimum absolute atomic E-state index is 0. The number of nitrogens with one attached hydrogen (secondary N) is 1. The molecule has 6 nitrogen and oxygen atoms in total. The number of guanidine groups is 1. The maximum Gasteiger partial charge on any atom is 0.194 e. The number of aliphatic imine (C=N–C) groups is 1. The summed E-state index contributed by atoms with van der Waals surface area (Å²) in [7, 11) is 1.93. The molecular formula is C16H30IN5O. The van der Waals surface area contributed by atoms with Crippen LogP contribution in [-0.4, -0.2) is 53.4 Å². The molecule has 0 saturated carbocycles. The van der Waals surface area contributed by atoms with E-state index in [1.807, 2.05) is 24.1 Å². The number of ether oxygens (including phenoxy) is 1. The summed E-state index contributed by atoms with van der Waals surface area (Å²) in [5, 5.41) is 7.65. The third kappa shape index (κ3) is 6.29. The Morgan fingerprint density at radius 3 is 2.91 bits per heavy atom. The van der Waals surface area contributed by atoms with Crippen molar-refractivity contribution in [2.75, 3.05) is 32.8 Å². The number of nitrogens with zero attached hydrogens (tertiary/aromatic N) is 4. The Kier molecular flexibility index (Phi) is 9.54. The van der Waals surface area contributed by atoms with Gasteiger partial charge in [-0.2, -0.15) is 5.10 Å². The highest BCUT2D eigenvalue weighted by molar-refractivity contribution is 14.0. The van der Waals surface area contributed by atoms with Crippen molar-refractivity contribution in [1.29, 1.82) is 0 Å². The van der Waals surface area contributed by atoms with Crippen molar-refractivity contribution < 1.29 is 4.74 Å². The number of halogens is 1. The van der Waals surface area contributed by atoms with E-state index in [1.54, 1.807) is 0 Å². The van der Waals surface area contributed by atoms with Gasteiger partial charge in [-0.25, -0.2) is 0 Å². The largest absolute Gasteiger partial charge is 0.370 e. The second-order valence-corrected chi connectivity index (χ2v) is 5.70. The maximum atomic E-state index is 5.90. The van der Waals surface area contributed by atoms with Gasteiger partial charge in [0.1, 0.15) is 6.10 Å². The smallest absolute Gasteiger partial charge is 0.194 e. The van der Waals surface area contributed by atoms with Crippen molar-refractivity contribution in [2.24, 2.45) is 12.0 Å². The second kappa shape index (κ2) is 10.9. The number of aromatic nitrogens is 2. The topological polar surface area (TPSA) is 54.7 Å². The van der Waals surface area contributed by atoms with Crippen LogP contribution in [-0.2, 0) is 11.8 Å².